The first-order valence-electron chi connectivity index (χ1n) is 12.3. The molecule has 4 rings (SSSR count). The van der Waals surface area contributed by atoms with Crippen molar-refractivity contribution in [1.82, 2.24) is 19.9 Å². The number of carbonyl (C=O) groups excluding carboxylic acids is 2. The number of imidazole rings is 1. The molecule has 0 saturated carbocycles. The summed E-state index contributed by atoms with van der Waals surface area (Å²) in [7, 11) is 0. The minimum absolute atomic E-state index is 0.0317. The third-order valence-corrected chi connectivity index (χ3v) is 6.85. The largest absolute Gasteiger partial charge is 0.416 e. The Labute approximate surface area is 238 Å². The molecular formula is C30H26F3N5O2S. The quantitative estimate of drug-likeness (QED) is 0.217. The van der Waals surface area contributed by atoms with Crippen LogP contribution in [0.15, 0.2) is 96.7 Å². The van der Waals surface area contributed by atoms with Gasteiger partial charge in [0, 0.05) is 51.7 Å². The third kappa shape index (κ3) is 7.46. The van der Waals surface area contributed by atoms with E-state index in [4.69, 9.17) is 0 Å². The van der Waals surface area contributed by atoms with Crippen LogP contribution in [0.4, 0.5) is 18.9 Å². The molecule has 2 amide bonds. The first kappa shape index (κ1) is 29.2. The first-order chi connectivity index (χ1) is 19.4. The van der Waals surface area contributed by atoms with Crippen molar-refractivity contribution in [3.8, 4) is 10.4 Å². The minimum Gasteiger partial charge on any atom is -0.326 e. The van der Waals surface area contributed by atoms with Crippen LogP contribution in [0, 0.1) is 13.8 Å². The maximum Gasteiger partial charge on any atom is 0.416 e. The number of nitrogens with one attached hydrogen (secondary N) is 2. The Morgan fingerprint density at radius 1 is 1.05 bits per heavy atom. The van der Waals surface area contributed by atoms with E-state index in [1.165, 1.54) is 47.5 Å². The molecule has 4 aromatic rings. The van der Waals surface area contributed by atoms with Crippen LogP contribution in [-0.2, 0) is 0 Å². The molecular weight excluding hydrogens is 551 g/mol. The summed E-state index contributed by atoms with van der Waals surface area (Å²) in [6.07, 6.45) is 3.04. The predicted octanol–water partition coefficient (Wildman–Crippen LogP) is 7.17. The Morgan fingerprint density at radius 3 is 2.49 bits per heavy atom. The molecule has 0 spiro atoms. The predicted molar refractivity (Wildman–Crippen MR) is 154 cm³/mol. The summed E-state index contributed by atoms with van der Waals surface area (Å²) in [4.78, 5) is 35.0. The van der Waals surface area contributed by atoms with Crippen LogP contribution in [0.1, 0.15) is 38.9 Å². The molecule has 0 bridgehead atoms. The summed E-state index contributed by atoms with van der Waals surface area (Å²) in [5.74, 6) is -1.05. The highest BCUT2D eigenvalue weighted by atomic mass is 32.1. The van der Waals surface area contributed by atoms with E-state index < -0.39 is 23.6 Å². The molecule has 0 atom stereocenters. The number of pyridine rings is 1. The van der Waals surface area contributed by atoms with Crippen LogP contribution in [0.25, 0.3) is 16.1 Å². The SMILES string of the molecule is C=C(/C=C(\C=C(/C)NC(=O)c1ccc(C)c(NC(=O)c2cncc(-c3cccs3)c2)c1)C(F)(F)F)n1cnc(C)c1. The van der Waals surface area contributed by atoms with Gasteiger partial charge in [-0.05, 0) is 68.1 Å². The smallest absolute Gasteiger partial charge is 0.326 e. The number of rotatable bonds is 8. The molecule has 210 valence electrons. The summed E-state index contributed by atoms with van der Waals surface area (Å²) in [6.45, 7) is 8.50. The Bertz CT molecular complexity index is 1670. The van der Waals surface area contributed by atoms with Crippen LogP contribution in [-0.4, -0.2) is 32.5 Å². The summed E-state index contributed by atoms with van der Waals surface area (Å²) in [5, 5.41) is 7.20. The van der Waals surface area contributed by atoms with Crippen LogP contribution in [0.2, 0.25) is 0 Å². The monoisotopic (exact) mass is 577 g/mol. The average Bonchev–Trinajstić information content (AvgIpc) is 3.61. The second-order valence-corrected chi connectivity index (χ2v) is 10.2. The molecule has 3 aromatic heterocycles. The van der Waals surface area contributed by atoms with E-state index in [1.807, 2.05) is 17.5 Å². The highest BCUT2D eigenvalue weighted by molar-refractivity contribution is 7.13. The highest BCUT2D eigenvalue weighted by Crippen LogP contribution is 2.29. The molecule has 2 N–H and O–H groups in total. The lowest BCUT2D eigenvalue weighted by Crippen LogP contribution is -2.23. The van der Waals surface area contributed by atoms with Gasteiger partial charge >= 0.3 is 6.18 Å². The van der Waals surface area contributed by atoms with Crippen molar-refractivity contribution < 1.29 is 22.8 Å². The van der Waals surface area contributed by atoms with Crippen LogP contribution >= 0.6 is 11.3 Å². The van der Waals surface area contributed by atoms with Gasteiger partial charge in [-0.1, -0.05) is 18.7 Å². The second kappa shape index (κ2) is 12.2. The normalized spacial score (nSPS) is 12.2. The zero-order valence-corrected chi connectivity index (χ0v) is 23.2. The molecule has 0 aliphatic rings. The number of allylic oxidation sites excluding steroid dienone is 5. The van der Waals surface area contributed by atoms with Crippen molar-refractivity contribution in [3.05, 3.63) is 119 Å². The summed E-state index contributed by atoms with van der Waals surface area (Å²) in [5.41, 5.74) is 2.03. The van der Waals surface area contributed by atoms with Gasteiger partial charge in [-0.25, -0.2) is 4.98 Å². The van der Waals surface area contributed by atoms with Gasteiger partial charge in [0.1, 0.15) is 0 Å². The lowest BCUT2D eigenvalue weighted by molar-refractivity contribution is -0.0882. The zero-order chi connectivity index (χ0) is 29.7. The number of thiophene rings is 1. The third-order valence-electron chi connectivity index (χ3n) is 5.93. The summed E-state index contributed by atoms with van der Waals surface area (Å²) >= 11 is 1.53. The molecule has 41 heavy (non-hydrogen) atoms. The van der Waals surface area contributed by atoms with Gasteiger partial charge in [0.15, 0.2) is 0 Å². The maximum atomic E-state index is 13.7. The maximum absolute atomic E-state index is 13.7. The number of halogens is 3. The van der Waals surface area contributed by atoms with Crippen molar-refractivity contribution in [2.45, 2.75) is 26.9 Å². The molecule has 0 aliphatic heterocycles. The number of alkyl halides is 3. The molecule has 0 unspecified atom stereocenters. The first-order valence-corrected chi connectivity index (χ1v) is 13.2. The Hall–Kier alpha value is -4.77. The number of hydrogen-bond acceptors (Lipinski definition) is 5. The fourth-order valence-corrected chi connectivity index (χ4v) is 4.50. The fourth-order valence-electron chi connectivity index (χ4n) is 3.79. The van der Waals surface area contributed by atoms with Gasteiger partial charge < -0.3 is 15.2 Å². The van der Waals surface area contributed by atoms with Crippen molar-refractivity contribution >= 4 is 34.5 Å². The zero-order valence-electron chi connectivity index (χ0n) is 22.4. The fraction of sp³-hybridized carbons (Fsp3) is 0.133. The van der Waals surface area contributed by atoms with E-state index in [0.29, 0.717) is 22.5 Å². The van der Waals surface area contributed by atoms with E-state index in [2.05, 4.69) is 27.2 Å². The number of aryl methyl sites for hydroxylation is 2. The Kier molecular flexibility index (Phi) is 8.68. The highest BCUT2D eigenvalue weighted by Gasteiger charge is 2.32. The lowest BCUT2D eigenvalue weighted by Gasteiger charge is -2.13. The van der Waals surface area contributed by atoms with E-state index >= 15 is 0 Å². The number of anilines is 1. The molecule has 0 aliphatic carbocycles. The summed E-state index contributed by atoms with van der Waals surface area (Å²) < 4.78 is 42.6. The van der Waals surface area contributed by atoms with Gasteiger partial charge in [0.2, 0.25) is 0 Å². The Morgan fingerprint density at radius 2 is 1.83 bits per heavy atom. The molecule has 7 nitrogen and oxygen atoms in total. The Balaban J connectivity index is 1.50. The van der Waals surface area contributed by atoms with Gasteiger partial charge in [-0.3, -0.25) is 14.6 Å². The van der Waals surface area contributed by atoms with Gasteiger partial charge in [0.25, 0.3) is 11.8 Å². The number of aromatic nitrogens is 3. The van der Waals surface area contributed by atoms with E-state index in [9.17, 15) is 22.8 Å². The topological polar surface area (TPSA) is 88.9 Å². The van der Waals surface area contributed by atoms with Crippen molar-refractivity contribution in [2.75, 3.05) is 5.32 Å². The number of nitrogens with zero attached hydrogens (tertiary/aromatic N) is 3. The van der Waals surface area contributed by atoms with Crippen molar-refractivity contribution in [3.63, 3.8) is 0 Å². The molecule has 0 saturated heterocycles. The second-order valence-electron chi connectivity index (χ2n) is 9.22. The number of carbonyl (C=O) groups is 2. The average molecular weight is 578 g/mol. The minimum atomic E-state index is -4.69. The molecule has 0 fully saturated rings. The van der Waals surface area contributed by atoms with Crippen molar-refractivity contribution in [2.24, 2.45) is 0 Å². The van der Waals surface area contributed by atoms with Crippen LogP contribution < -0.4 is 10.6 Å². The van der Waals surface area contributed by atoms with Gasteiger partial charge in [-0.15, -0.1) is 11.3 Å². The van der Waals surface area contributed by atoms with Crippen molar-refractivity contribution in [1.29, 1.82) is 0 Å². The molecule has 0 radical (unpaired) electrons. The molecule has 3 heterocycles. The van der Waals surface area contributed by atoms with E-state index in [0.717, 1.165) is 22.6 Å². The number of benzene rings is 1. The standard InChI is InChI=1S/C30H26F3N5O2S/c1-18-7-8-22(13-26(18)37-29(40)24-12-23(14-34-15-24)27-6-5-9-41-27)28(39)36-19(2)10-25(30(31,32)33)11-21(4)38-16-20(3)35-17-38/h5-17H,4H2,1-3H3,(H,36,39)(H,37,40)/b19-10+,25-11+. The lowest BCUT2D eigenvalue weighted by atomic mass is 10.1. The van der Waals surface area contributed by atoms with E-state index in [-0.39, 0.29) is 17.0 Å². The van der Waals surface area contributed by atoms with Crippen LogP contribution in [0.5, 0.6) is 0 Å². The van der Waals surface area contributed by atoms with Gasteiger partial charge in [0.05, 0.1) is 23.2 Å². The van der Waals surface area contributed by atoms with E-state index in [1.54, 1.807) is 38.4 Å². The molecule has 1 aromatic carbocycles. The molecule has 11 heteroatoms. The van der Waals surface area contributed by atoms with Crippen LogP contribution in [0.3, 0.4) is 0 Å². The van der Waals surface area contributed by atoms with Gasteiger partial charge in [-0.2, -0.15) is 13.2 Å². The summed E-state index contributed by atoms with van der Waals surface area (Å²) in [6, 6.07) is 10.2. The number of hydrogen-bond donors (Lipinski definition) is 2. The number of amides is 2.